The lowest BCUT2D eigenvalue weighted by atomic mass is 10.0. The number of aryl methyl sites for hydroxylation is 1. The highest BCUT2D eigenvalue weighted by Crippen LogP contribution is 2.39. The molecule has 2 fully saturated rings. The second-order valence-corrected chi connectivity index (χ2v) is 9.89. The summed E-state index contributed by atoms with van der Waals surface area (Å²) in [4.78, 5) is 34.7. The number of rotatable bonds is 8. The summed E-state index contributed by atoms with van der Waals surface area (Å²) in [5.74, 6) is 1.12. The Morgan fingerprint density at radius 2 is 2.03 bits per heavy atom. The van der Waals surface area contributed by atoms with Gasteiger partial charge < -0.3 is 34.9 Å². The molecule has 37 heavy (non-hydrogen) atoms. The summed E-state index contributed by atoms with van der Waals surface area (Å²) in [5, 5.41) is 22.9. The quantitative estimate of drug-likeness (QED) is 0.365. The predicted octanol–water partition coefficient (Wildman–Crippen LogP) is 2.02. The summed E-state index contributed by atoms with van der Waals surface area (Å²) in [6.45, 7) is 3.99. The number of benzene rings is 1. The molecule has 2 amide bonds. The van der Waals surface area contributed by atoms with E-state index in [4.69, 9.17) is 9.47 Å². The van der Waals surface area contributed by atoms with Gasteiger partial charge in [-0.3, -0.25) is 14.6 Å². The zero-order chi connectivity index (χ0) is 26.3. The zero-order valence-corrected chi connectivity index (χ0v) is 21.2. The molecule has 4 N–H and O–H groups in total. The van der Waals surface area contributed by atoms with Gasteiger partial charge in [0.05, 0.1) is 36.9 Å². The van der Waals surface area contributed by atoms with Crippen molar-refractivity contribution in [1.82, 2.24) is 20.2 Å². The average Bonchev–Trinajstić information content (AvgIpc) is 3.55. The number of hydrogen-bond donors (Lipinski definition) is 4. The van der Waals surface area contributed by atoms with Crippen LogP contribution in [0.3, 0.4) is 0 Å². The Morgan fingerprint density at radius 3 is 2.73 bits per heavy atom. The molecule has 3 atom stereocenters. The number of hydrogen-bond acceptors (Lipinski definition) is 7. The second-order valence-electron chi connectivity index (χ2n) is 9.89. The lowest BCUT2D eigenvalue weighted by Crippen LogP contribution is -2.43. The molecule has 3 aromatic rings. The molecule has 2 aromatic heterocycles. The van der Waals surface area contributed by atoms with Crippen molar-refractivity contribution in [1.29, 1.82) is 0 Å². The van der Waals surface area contributed by atoms with E-state index in [-0.39, 0.29) is 13.1 Å². The van der Waals surface area contributed by atoms with E-state index in [0.29, 0.717) is 40.6 Å². The van der Waals surface area contributed by atoms with Crippen LogP contribution in [0.2, 0.25) is 0 Å². The highest BCUT2D eigenvalue weighted by Gasteiger charge is 2.37. The summed E-state index contributed by atoms with van der Waals surface area (Å²) >= 11 is 0. The van der Waals surface area contributed by atoms with E-state index >= 15 is 0 Å². The maximum Gasteiger partial charge on any atom is 0.255 e. The molecule has 1 saturated heterocycles. The van der Waals surface area contributed by atoms with Gasteiger partial charge in [0.15, 0.2) is 0 Å². The van der Waals surface area contributed by atoms with E-state index in [1.807, 2.05) is 24.3 Å². The third-order valence-corrected chi connectivity index (χ3v) is 7.03. The van der Waals surface area contributed by atoms with Crippen molar-refractivity contribution in [3.8, 4) is 22.6 Å². The van der Waals surface area contributed by atoms with Gasteiger partial charge >= 0.3 is 0 Å². The fraction of sp³-hybridized carbons (Fsp3) is 0.444. The molecule has 10 nitrogen and oxygen atoms in total. The molecular weight excluding hydrogens is 476 g/mol. The normalized spacial score (nSPS) is 20.2. The number of carbonyl (C=O) groups is 2. The van der Waals surface area contributed by atoms with Crippen molar-refractivity contribution in [3.63, 3.8) is 0 Å². The summed E-state index contributed by atoms with van der Waals surface area (Å²) in [7, 11) is 1.61. The molecule has 1 aliphatic carbocycles. The highest BCUT2D eigenvalue weighted by atomic mass is 16.5. The Balaban J connectivity index is 1.45. The monoisotopic (exact) mass is 508 g/mol. The van der Waals surface area contributed by atoms with E-state index in [1.54, 1.807) is 20.2 Å². The third-order valence-electron chi connectivity index (χ3n) is 7.03. The number of nitrogens with zero attached hydrogens (tertiary/aromatic N) is 2. The molecule has 1 aliphatic heterocycles. The van der Waals surface area contributed by atoms with Crippen LogP contribution in [0.25, 0.3) is 22.2 Å². The maximum atomic E-state index is 13.4. The first-order valence-electron chi connectivity index (χ1n) is 12.5. The number of carbonyl (C=O) groups excluding carboxylic acids is 2. The Hall–Kier alpha value is -3.63. The predicted molar refractivity (Wildman–Crippen MR) is 137 cm³/mol. The number of aromatic amines is 1. The molecule has 0 radical (unpaired) electrons. The molecule has 0 unspecified atom stereocenters. The number of pyridine rings is 1. The van der Waals surface area contributed by atoms with Gasteiger partial charge in [-0.05, 0) is 56.9 Å². The SMILES string of the molecule is COc1ccc(OCC2CC2)c(-c2ccnc3c(C(=O)N[C@H]4CN(C(=O)[C@H](C)O)C[C@@H]4O)c(C)[nH]c23)c1. The van der Waals surface area contributed by atoms with E-state index in [1.165, 1.54) is 24.7 Å². The number of aliphatic hydroxyl groups excluding tert-OH is 2. The van der Waals surface area contributed by atoms with Gasteiger partial charge in [-0.1, -0.05) is 0 Å². The van der Waals surface area contributed by atoms with Gasteiger partial charge in [-0.15, -0.1) is 0 Å². The number of H-pyrrole nitrogens is 1. The van der Waals surface area contributed by atoms with Crippen LogP contribution in [0.5, 0.6) is 11.5 Å². The molecule has 1 saturated carbocycles. The number of nitrogens with one attached hydrogen (secondary N) is 2. The summed E-state index contributed by atoms with van der Waals surface area (Å²) in [5.41, 5.74) is 3.83. The fourth-order valence-electron chi connectivity index (χ4n) is 4.79. The molecule has 0 spiro atoms. The summed E-state index contributed by atoms with van der Waals surface area (Å²) in [6.07, 6.45) is 1.90. The van der Waals surface area contributed by atoms with Crippen molar-refractivity contribution in [3.05, 3.63) is 41.7 Å². The second kappa shape index (κ2) is 10.0. The lowest BCUT2D eigenvalue weighted by molar-refractivity contribution is -0.138. The van der Waals surface area contributed by atoms with Crippen molar-refractivity contribution < 1.29 is 29.3 Å². The van der Waals surface area contributed by atoms with Crippen LogP contribution in [0.4, 0.5) is 0 Å². The van der Waals surface area contributed by atoms with Gasteiger partial charge in [-0.2, -0.15) is 0 Å². The Kier molecular flexibility index (Phi) is 6.78. The van der Waals surface area contributed by atoms with E-state index < -0.39 is 30.1 Å². The Bertz CT molecular complexity index is 1330. The molecule has 0 bridgehead atoms. The van der Waals surface area contributed by atoms with E-state index in [9.17, 15) is 19.8 Å². The molecule has 2 aliphatic rings. The van der Waals surface area contributed by atoms with Crippen molar-refractivity contribution in [2.75, 3.05) is 26.8 Å². The van der Waals surface area contributed by atoms with E-state index in [0.717, 1.165) is 16.9 Å². The van der Waals surface area contributed by atoms with Gasteiger partial charge in [-0.25, -0.2) is 0 Å². The van der Waals surface area contributed by atoms with Crippen LogP contribution < -0.4 is 14.8 Å². The Morgan fingerprint density at radius 1 is 1.24 bits per heavy atom. The highest BCUT2D eigenvalue weighted by molar-refractivity contribution is 6.10. The number of aromatic nitrogens is 2. The van der Waals surface area contributed by atoms with Gasteiger partial charge in [0.2, 0.25) is 0 Å². The molecule has 5 rings (SSSR count). The van der Waals surface area contributed by atoms with E-state index in [2.05, 4.69) is 15.3 Å². The van der Waals surface area contributed by atoms with Gasteiger partial charge in [0, 0.05) is 36.1 Å². The number of fused-ring (bicyclic) bond motifs is 1. The average molecular weight is 509 g/mol. The molecule has 1 aromatic carbocycles. The summed E-state index contributed by atoms with van der Waals surface area (Å²) < 4.78 is 11.6. The van der Waals surface area contributed by atoms with Gasteiger partial charge in [0.25, 0.3) is 11.8 Å². The minimum atomic E-state index is -1.17. The summed E-state index contributed by atoms with van der Waals surface area (Å²) in [6, 6.07) is 6.88. The molecular formula is C27H32N4O6. The largest absolute Gasteiger partial charge is 0.497 e. The van der Waals surface area contributed by atoms with Crippen molar-refractivity contribution in [2.24, 2.45) is 5.92 Å². The van der Waals surface area contributed by atoms with Crippen LogP contribution in [0.1, 0.15) is 35.8 Å². The zero-order valence-electron chi connectivity index (χ0n) is 21.2. The molecule has 196 valence electrons. The van der Waals surface area contributed by atoms with Crippen LogP contribution in [0.15, 0.2) is 30.5 Å². The molecule has 3 heterocycles. The van der Waals surface area contributed by atoms with Crippen LogP contribution in [-0.2, 0) is 4.79 Å². The third kappa shape index (κ3) is 4.99. The number of amides is 2. The van der Waals surface area contributed by atoms with Crippen LogP contribution >= 0.6 is 0 Å². The minimum Gasteiger partial charge on any atom is -0.497 e. The lowest BCUT2D eigenvalue weighted by Gasteiger charge is -2.18. The topological polar surface area (TPSA) is 137 Å². The molecule has 10 heteroatoms. The smallest absolute Gasteiger partial charge is 0.255 e. The van der Waals surface area contributed by atoms with Crippen LogP contribution in [0, 0.1) is 12.8 Å². The first-order valence-corrected chi connectivity index (χ1v) is 12.5. The van der Waals surface area contributed by atoms with Crippen LogP contribution in [-0.4, -0.2) is 82.0 Å². The van der Waals surface area contributed by atoms with Crippen molar-refractivity contribution in [2.45, 2.75) is 44.9 Å². The number of aliphatic hydroxyl groups is 2. The maximum absolute atomic E-state index is 13.4. The first-order chi connectivity index (χ1) is 17.8. The standard InChI is InChI=1S/C27H32N4O6/c1-14-23(26(34)30-20-11-31(12-21(20)33)27(35)15(2)32)25-24(29-14)18(8-9-28-25)19-10-17(36-3)6-7-22(19)37-13-16-4-5-16/h6-10,15-16,20-21,29,32-33H,4-5,11-13H2,1-3H3,(H,30,34)/t15-,20-,21-/m0/s1. The van der Waals surface area contributed by atoms with Crippen molar-refractivity contribution >= 4 is 22.8 Å². The number of likely N-dealkylation sites (tertiary alicyclic amines) is 1. The fourth-order valence-corrected chi connectivity index (χ4v) is 4.79. The van der Waals surface area contributed by atoms with Gasteiger partial charge in [0.1, 0.15) is 23.1 Å². The minimum absolute atomic E-state index is 0.0451. The number of β-amino-alcohol motifs (C(OH)–C–C–N with tert-alkyl or cyclic N) is 1. The number of ether oxygens (including phenoxy) is 2. The first kappa shape index (κ1) is 25.0. The Labute approximate surface area is 214 Å². The number of methoxy groups -OCH3 is 1.